The number of benzene rings is 1. The standard InChI is InChI=1S/C13H14BrNO4/c14-8-2-3-9(10(16)6-8)12(19)15-13(4-1-5-13)7-11(17)18/h2-3,6,16H,1,4-5,7H2,(H,15,19)(H,17,18). The minimum Gasteiger partial charge on any atom is -0.507 e. The highest BCUT2D eigenvalue weighted by Gasteiger charge is 2.40. The van der Waals surface area contributed by atoms with Crippen LogP contribution in [0.3, 0.4) is 0 Å². The third kappa shape index (κ3) is 3.07. The van der Waals surface area contributed by atoms with E-state index in [1.807, 2.05) is 0 Å². The van der Waals surface area contributed by atoms with Gasteiger partial charge in [-0.25, -0.2) is 0 Å². The van der Waals surface area contributed by atoms with Crippen molar-refractivity contribution in [2.45, 2.75) is 31.2 Å². The molecule has 0 bridgehead atoms. The van der Waals surface area contributed by atoms with E-state index in [2.05, 4.69) is 21.2 Å². The fourth-order valence-electron chi connectivity index (χ4n) is 2.24. The van der Waals surface area contributed by atoms with Crippen LogP contribution in [0.4, 0.5) is 0 Å². The summed E-state index contributed by atoms with van der Waals surface area (Å²) >= 11 is 3.19. The van der Waals surface area contributed by atoms with Crippen LogP contribution >= 0.6 is 15.9 Å². The molecular formula is C13H14BrNO4. The summed E-state index contributed by atoms with van der Waals surface area (Å²) in [5.74, 6) is -1.50. The number of aliphatic carboxylic acids is 1. The van der Waals surface area contributed by atoms with Crippen molar-refractivity contribution < 1.29 is 19.8 Å². The number of amides is 1. The molecule has 19 heavy (non-hydrogen) atoms. The van der Waals surface area contributed by atoms with Gasteiger partial charge in [0.25, 0.3) is 5.91 Å². The quantitative estimate of drug-likeness (QED) is 0.791. The molecule has 0 spiro atoms. The largest absolute Gasteiger partial charge is 0.507 e. The van der Waals surface area contributed by atoms with E-state index in [1.165, 1.54) is 12.1 Å². The van der Waals surface area contributed by atoms with Crippen LogP contribution in [0, 0.1) is 0 Å². The average molecular weight is 328 g/mol. The first-order valence-electron chi connectivity index (χ1n) is 5.95. The number of aromatic hydroxyl groups is 1. The lowest BCUT2D eigenvalue weighted by Crippen LogP contribution is -2.54. The van der Waals surface area contributed by atoms with Crippen LogP contribution in [0.25, 0.3) is 0 Å². The van der Waals surface area contributed by atoms with Crippen molar-refractivity contribution in [3.05, 3.63) is 28.2 Å². The number of phenols is 1. The van der Waals surface area contributed by atoms with Crippen LogP contribution in [0.1, 0.15) is 36.0 Å². The second-order valence-electron chi connectivity index (χ2n) is 4.82. The molecule has 1 amide bonds. The highest BCUT2D eigenvalue weighted by Crippen LogP contribution is 2.35. The number of carbonyl (C=O) groups is 2. The molecule has 6 heteroatoms. The van der Waals surface area contributed by atoms with Crippen molar-refractivity contribution in [1.29, 1.82) is 0 Å². The molecule has 0 heterocycles. The molecule has 3 N–H and O–H groups in total. The third-order valence-corrected chi connectivity index (χ3v) is 3.88. The van der Waals surface area contributed by atoms with E-state index in [9.17, 15) is 14.7 Å². The SMILES string of the molecule is O=C(O)CC1(NC(=O)c2ccc(Br)cc2O)CCC1. The molecule has 1 aromatic carbocycles. The van der Waals surface area contributed by atoms with Gasteiger partial charge in [0.15, 0.2) is 0 Å². The van der Waals surface area contributed by atoms with Crippen LogP contribution < -0.4 is 5.32 Å². The molecule has 2 rings (SSSR count). The Morgan fingerprint density at radius 1 is 1.37 bits per heavy atom. The zero-order valence-corrected chi connectivity index (χ0v) is 11.7. The van der Waals surface area contributed by atoms with Gasteiger partial charge in [-0.2, -0.15) is 0 Å². The molecule has 1 fully saturated rings. The van der Waals surface area contributed by atoms with E-state index < -0.39 is 17.4 Å². The van der Waals surface area contributed by atoms with E-state index in [4.69, 9.17) is 5.11 Å². The number of phenolic OH excluding ortho intramolecular Hbond substituents is 1. The van der Waals surface area contributed by atoms with E-state index in [1.54, 1.807) is 6.07 Å². The van der Waals surface area contributed by atoms with E-state index >= 15 is 0 Å². The van der Waals surface area contributed by atoms with Crippen molar-refractivity contribution in [2.75, 3.05) is 0 Å². The van der Waals surface area contributed by atoms with E-state index in [-0.39, 0.29) is 17.7 Å². The van der Waals surface area contributed by atoms with Crippen LogP contribution in [-0.2, 0) is 4.79 Å². The van der Waals surface area contributed by atoms with Crippen molar-refractivity contribution in [3.8, 4) is 5.75 Å². The number of carboxylic acids is 1. The molecule has 102 valence electrons. The predicted molar refractivity (Wildman–Crippen MR) is 72.1 cm³/mol. The van der Waals surface area contributed by atoms with Gasteiger partial charge in [0, 0.05) is 4.47 Å². The van der Waals surface area contributed by atoms with Gasteiger partial charge in [-0.05, 0) is 37.5 Å². The zero-order chi connectivity index (χ0) is 14.0. The third-order valence-electron chi connectivity index (χ3n) is 3.38. The molecule has 1 aromatic rings. The molecule has 0 radical (unpaired) electrons. The first-order chi connectivity index (χ1) is 8.92. The normalized spacial score (nSPS) is 16.5. The molecule has 5 nitrogen and oxygen atoms in total. The Balaban J connectivity index is 2.13. The van der Waals surface area contributed by atoms with Crippen LogP contribution in [0.15, 0.2) is 22.7 Å². The van der Waals surface area contributed by atoms with E-state index in [0.29, 0.717) is 17.3 Å². The predicted octanol–water partition coefficient (Wildman–Crippen LogP) is 2.28. The van der Waals surface area contributed by atoms with Crippen molar-refractivity contribution in [1.82, 2.24) is 5.32 Å². The first kappa shape index (κ1) is 13.9. The van der Waals surface area contributed by atoms with Crippen LogP contribution in [-0.4, -0.2) is 27.6 Å². The average Bonchev–Trinajstić information content (AvgIpc) is 2.25. The Morgan fingerprint density at radius 3 is 2.53 bits per heavy atom. The number of nitrogens with one attached hydrogen (secondary N) is 1. The van der Waals surface area contributed by atoms with Crippen LogP contribution in [0.2, 0.25) is 0 Å². The van der Waals surface area contributed by atoms with Gasteiger partial charge in [0.1, 0.15) is 5.75 Å². The molecule has 0 unspecified atom stereocenters. The van der Waals surface area contributed by atoms with Gasteiger partial charge in [0.05, 0.1) is 17.5 Å². The monoisotopic (exact) mass is 327 g/mol. The Labute approximate surface area is 118 Å². The molecule has 1 aliphatic rings. The maximum absolute atomic E-state index is 12.1. The number of hydrogen-bond acceptors (Lipinski definition) is 3. The van der Waals surface area contributed by atoms with Crippen molar-refractivity contribution >= 4 is 27.8 Å². The highest BCUT2D eigenvalue weighted by atomic mass is 79.9. The summed E-state index contributed by atoms with van der Waals surface area (Å²) < 4.78 is 0.672. The van der Waals surface area contributed by atoms with Gasteiger partial charge in [-0.1, -0.05) is 15.9 Å². The van der Waals surface area contributed by atoms with Gasteiger partial charge in [-0.3, -0.25) is 9.59 Å². The van der Waals surface area contributed by atoms with Crippen molar-refractivity contribution in [2.24, 2.45) is 0 Å². The lowest BCUT2D eigenvalue weighted by molar-refractivity contribution is -0.139. The summed E-state index contributed by atoms with van der Waals surface area (Å²) in [7, 11) is 0. The minimum atomic E-state index is -0.931. The minimum absolute atomic E-state index is 0.0873. The summed E-state index contributed by atoms with van der Waals surface area (Å²) in [5.41, 5.74) is -0.512. The summed E-state index contributed by atoms with van der Waals surface area (Å²) in [6.45, 7) is 0. The van der Waals surface area contributed by atoms with Gasteiger partial charge >= 0.3 is 5.97 Å². The highest BCUT2D eigenvalue weighted by molar-refractivity contribution is 9.10. The topological polar surface area (TPSA) is 86.6 Å². The second-order valence-corrected chi connectivity index (χ2v) is 5.74. The molecule has 1 saturated carbocycles. The number of hydrogen-bond donors (Lipinski definition) is 3. The fraction of sp³-hybridized carbons (Fsp3) is 0.385. The van der Waals surface area contributed by atoms with Gasteiger partial charge in [0.2, 0.25) is 0 Å². The number of carbonyl (C=O) groups excluding carboxylic acids is 1. The maximum atomic E-state index is 12.1. The van der Waals surface area contributed by atoms with E-state index in [0.717, 1.165) is 6.42 Å². The second kappa shape index (κ2) is 5.21. The summed E-state index contributed by atoms with van der Waals surface area (Å²) in [4.78, 5) is 22.9. The molecule has 1 aliphatic carbocycles. The molecule has 0 aliphatic heterocycles. The molecular weight excluding hydrogens is 314 g/mol. The Bertz CT molecular complexity index is 525. The number of carboxylic acid groups (broad SMARTS) is 1. The Hall–Kier alpha value is -1.56. The zero-order valence-electron chi connectivity index (χ0n) is 10.1. The van der Waals surface area contributed by atoms with Crippen LogP contribution in [0.5, 0.6) is 5.75 Å². The van der Waals surface area contributed by atoms with Gasteiger partial charge < -0.3 is 15.5 Å². The summed E-state index contributed by atoms with van der Waals surface area (Å²) in [6.07, 6.45) is 2.13. The number of rotatable bonds is 4. The van der Waals surface area contributed by atoms with Crippen molar-refractivity contribution in [3.63, 3.8) is 0 Å². The first-order valence-corrected chi connectivity index (χ1v) is 6.74. The molecule has 0 aromatic heterocycles. The lowest BCUT2D eigenvalue weighted by Gasteiger charge is -2.41. The molecule has 0 atom stereocenters. The summed E-state index contributed by atoms with van der Waals surface area (Å²) in [5, 5.41) is 21.3. The Morgan fingerprint density at radius 2 is 2.05 bits per heavy atom. The lowest BCUT2D eigenvalue weighted by atomic mass is 9.74. The smallest absolute Gasteiger partial charge is 0.305 e. The number of halogens is 1. The maximum Gasteiger partial charge on any atom is 0.305 e. The summed E-state index contributed by atoms with van der Waals surface area (Å²) in [6, 6.07) is 4.58. The fourth-order valence-corrected chi connectivity index (χ4v) is 2.59. The Kier molecular flexibility index (Phi) is 3.80. The van der Waals surface area contributed by atoms with Gasteiger partial charge in [-0.15, -0.1) is 0 Å². The molecule has 0 saturated heterocycles.